The molecule has 0 spiro atoms. The molecule has 0 atom stereocenters. The molecule has 1 heterocycles. The lowest BCUT2D eigenvalue weighted by Crippen LogP contribution is -2.22. The summed E-state index contributed by atoms with van der Waals surface area (Å²) in [6.45, 7) is 6.13. The van der Waals surface area contributed by atoms with Gasteiger partial charge in [-0.2, -0.15) is 0 Å². The Morgan fingerprint density at radius 1 is 1.07 bits per heavy atom. The van der Waals surface area contributed by atoms with Crippen LogP contribution < -0.4 is 14.8 Å². The highest BCUT2D eigenvalue weighted by Crippen LogP contribution is 2.37. The minimum absolute atomic E-state index is 0.633. The number of carbonyl (C=O) groups excluding carboxylic acids is 1. The Bertz CT molecular complexity index is 1100. The summed E-state index contributed by atoms with van der Waals surface area (Å²) in [6.07, 6.45) is 2.78. The molecule has 5 nitrogen and oxygen atoms in total. The van der Waals surface area contributed by atoms with E-state index in [9.17, 15) is 4.79 Å². The highest BCUT2D eigenvalue weighted by molar-refractivity contribution is 6.15. The van der Waals surface area contributed by atoms with Gasteiger partial charge in [-0.1, -0.05) is 0 Å². The Morgan fingerprint density at radius 2 is 1.79 bits per heavy atom. The first-order valence-electron chi connectivity index (χ1n) is 9.99. The molecular weight excluding hydrogens is 362 g/mol. The van der Waals surface area contributed by atoms with Gasteiger partial charge in [0, 0.05) is 73.3 Å². The maximum atomic E-state index is 12.0. The second kappa shape index (κ2) is 8.52. The summed E-state index contributed by atoms with van der Waals surface area (Å²) >= 11 is 0. The third-order valence-electron chi connectivity index (χ3n) is 5.15. The van der Waals surface area contributed by atoms with Crippen molar-refractivity contribution in [3.05, 3.63) is 53.5 Å². The molecule has 5 heteroatoms. The van der Waals surface area contributed by atoms with Gasteiger partial charge in [0.15, 0.2) is 6.29 Å². The maximum absolute atomic E-state index is 12.0. The van der Waals surface area contributed by atoms with Crippen molar-refractivity contribution in [3.63, 3.8) is 0 Å². The second-order valence-corrected chi connectivity index (χ2v) is 7.57. The summed E-state index contributed by atoms with van der Waals surface area (Å²) in [5, 5.41) is 1.99. The molecule has 0 radical (unpaired) electrons. The largest absolute Gasteiger partial charge is 0.456 e. The Hall–Kier alpha value is -3.08. The molecule has 1 aliphatic carbocycles. The van der Waals surface area contributed by atoms with Crippen LogP contribution in [-0.2, 0) is 4.79 Å². The summed E-state index contributed by atoms with van der Waals surface area (Å²) in [4.78, 5) is 16.2. The zero-order chi connectivity index (χ0) is 21.1. The number of carbonyl (C=O) groups is 1. The van der Waals surface area contributed by atoms with Crippen molar-refractivity contribution in [2.45, 2.75) is 13.8 Å². The van der Waals surface area contributed by atoms with Gasteiger partial charge < -0.3 is 14.2 Å². The van der Waals surface area contributed by atoms with Crippen molar-refractivity contribution in [2.75, 3.05) is 46.2 Å². The molecule has 0 unspecified atom stereocenters. The molecule has 29 heavy (non-hydrogen) atoms. The van der Waals surface area contributed by atoms with Gasteiger partial charge in [-0.05, 0) is 32.0 Å². The van der Waals surface area contributed by atoms with E-state index in [0.717, 1.165) is 58.3 Å². The molecule has 1 aromatic carbocycles. The van der Waals surface area contributed by atoms with E-state index in [1.54, 1.807) is 0 Å². The topological polar surface area (TPSA) is 39.7 Å². The summed E-state index contributed by atoms with van der Waals surface area (Å²) in [6, 6.07) is 12.4. The predicted octanol–water partition coefficient (Wildman–Crippen LogP) is 3.52. The first kappa shape index (κ1) is 20.6. The highest BCUT2D eigenvalue weighted by atomic mass is 16.3. The van der Waals surface area contributed by atoms with Crippen LogP contribution in [0, 0.1) is 0 Å². The minimum atomic E-state index is 0.633. The van der Waals surface area contributed by atoms with Gasteiger partial charge in [-0.25, -0.2) is 4.58 Å². The van der Waals surface area contributed by atoms with Gasteiger partial charge in [-0.15, -0.1) is 0 Å². The van der Waals surface area contributed by atoms with E-state index in [-0.39, 0.29) is 0 Å². The van der Waals surface area contributed by atoms with Crippen LogP contribution in [0.1, 0.15) is 19.4 Å². The minimum Gasteiger partial charge on any atom is -0.456 e. The SMILES string of the molecule is CCN(CC)c1ccc2c(/C(C=O)=C\N(C)C)c3ccc(=[N+](C)C)cc-3oc2c1. The Labute approximate surface area is 172 Å². The van der Waals surface area contributed by atoms with Gasteiger partial charge in [0.05, 0.1) is 6.07 Å². The first-order chi connectivity index (χ1) is 13.9. The molecule has 0 saturated carbocycles. The zero-order valence-electron chi connectivity index (χ0n) is 18.2. The normalized spacial score (nSPS) is 11.7. The van der Waals surface area contributed by atoms with Gasteiger partial charge in [0.25, 0.3) is 0 Å². The Balaban J connectivity index is 2.43. The average molecular weight is 393 g/mol. The Kier molecular flexibility index (Phi) is 6.06. The summed E-state index contributed by atoms with van der Waals surface area (Å²) in [7, 11) is 7.85. The van der Waals surface area contributed by atoms with Crippen LogP contribution in [0.15, 0.2) is 47.0 Å². The fraction of sp³-hybridized carbons (Fsp3) is 0.333. The number of benzene rings is 2. The van der Waals surface area contributed by atoms with E-state index in [1.807, 2.05) is 56.0 Å². The number of allylic oxidation sites excluding steroid dienone is 1. The molecule has 1 aliphatic heterocycles. The van der Waals surface area contributed by atoms with Crippen LogP contribution in [0.4, 0.5) is 5.69 Å². The van der Waals surface area contributed by atoms with Gasteiger partial charge in [0.1, 0.15) is 25.4 Å². The average Bonchev–Trinajstić information content (AvgIpc) is 2.70. The van der Waals surface area contributed by atoms with Crippen LogP contribution in [0.5, 0.6) is 0 Å². The van der Waals surface area contributed by atoms with E-state index < -0.39 is 0 Å². The molecule has 3 rings (SSSR count). The summed E-state index contributed by atoms with van der Waals surface area (Å²) in [5.41, 5.74) is 4.36. The predicted molar refractivity (Wildman–Crippen MR) is 121 cm³/mol. The first-order valence-corrected chi connectivity index (χ1v) is 9.99. The third-order valence-corrected chi connectivity index (χ3v) is 5.15. The van der Waals surface area contributed by atoms with E-state index >= 15 is 0 Å². The lowest BCUT2D eigenvalue weighted by atomic mass is 9.94. The van der Waals surface area contributed by atoms with Crippen molar-refractivity contribution in [1.29, 1.82) is 0 Å². The van der Waals surface area contributed by atoms with Crippen molar-refractivity contribution < 1.29 is 9.21 Å². The molecule has 0 saturated heterocycles. The van der Waals surface area contributed by atoms with E-state index in [4.69, 9.17) is 4.42 Å². The van der Waals surface area contributed by atoms with Crippen LogP contribution in [0.3, 0.4) is 0 Å². The lowest BCUT2D eigenvalue weighted by molar-refractivity contribution is -0.103. The van der Waals surface area contributed by atoms with Crippen LogP contribution in [-0.4, -0.2) is 52.5 Å². The summed E-state index contributed by atoms with van der Waals surface area (Å²) < 4.78 is 8.39. The van der Waals surface area contributed by atoms with E-state index in [1.165, 1.54) is 0 Å². The fourth-order valence-electron chi connectivity index (χ4n) is 3.67. The van der Waals surface area contributed by atoms with Crippen molar-refractivity contribution >= 4 is 28.5 Å². The number of aldehydes is 1. The van der Waals surface area contributed by atoms with Crippen molar-refractivity contribution in [1.82, 2.24) is 9.48 Å². The van der Waals surface area contributed by atoms with E-state index in [0.29, 0.717) is 5.57 Å². The quantitative estimate of drug-likeness (QED) is 0.279. The molecule has 0 aromatic heterocycles. The van der Waals surface area contributed by atoms with Crippen LogP contribution in [0.25, 0.3) is 27.9 Å². The molecule has 0 N–H and O–H groups in total. The monoisotopic (exact) mass is 392 g/mol. The smallest absolute Gasteiger partial charge is 0.203 e. The third kappa shape index (κ3) is 4.04. The number of hydrogen-bond donors (Lipinski definition) is 0. The fourth-order valence-corrected chi connectivity index (χ4v) is 3.67. The highest BCUT2D eigenvalue weighted by Gasteiger charge is 2.20. The molecule has 2 aliphatic rings. The van der Waals surface area contributed by atoms with Gasteiger partial charge >= 0.3 is 0 Å². The van der Waals surface area contributed by atoms with Crippen molar-refractivity contribution in [3.8, 4) is 11.3 Å². The van der Waals surface area contributed by atoms with Crippen LogP contribution in [0.2, 0.25) is 0 Å². The summed E-state index contributed by atoms with van der Waals surface area (Å²) in [5.74, 6) is 0.766. The number of nitrogens with zero attached hydrogens (tertiary/aromatic N) is 3. The van der Waals surface area contributed by atoms with Crippen LogP contribution >= 0.6 is 0 Å². The van der Waals surface area contributed by atoms with Gasteiger partial charge in [0.2, 0.25) is 5.36 Å². The lowest BCUT2D eigenvalue weighted by Gasteiger charge is -2.22. The molecular formula is C24H30N3O2+. The molecule has 152 valence electrons. The van der Waals surface area contributed by atoms with Gasteiger partial charge in [-0.3, -0.25) is 4.79 Å². The number of anilines is 1. The molecule has 0 fully saturated rings. The molecule has 0 amide bonds. The number of rotatable bonds is 6. The number of hydrogen-bond acceptors (Lipinski definition) is 4. The van der Waals surface area contributed by atoms with E-state index in [2.05, 4.69) is 43.0 Å². The molecule has 1 aromatic rings. The zero-order valence-corrected chi connectivity index (χ0v) is 18.2. The Morgan fingerprint density at radius 3 is 2.38 bits per heavy atom. The maximum Gasteiger partial charge on any atom is 0.203 e. The second-order valence-electron chi connectivity index (χ2n) is 7.57. The standard InChI is InChI=1S/C24H30N3O2/c1-7-27(8-2)19-10-12-21-23(14-19)29-22-13-18(26(5)6)9-11-20(22)24(21)17(16-28)15-25(3)4/h9-16H,7-8H2,1-6H3/q+1. The molecule has 0 bridgehead atoms. The number of fused-ring (bicyclic) bond motifs is 2. The van der Waals surface area contributed by atoms with Crippen molar-refractivity contribution in [2.24, 2.45) is 0 Å².